The Balaban J connectivity index is 1.75. The highest BCUT2D eigenvalue weighted by Crippen LogP contribution is 2.44. The zero-order valence-electron chi connectivity index (χ0n) is 17.6. The van der Waals surface area contributed by atoms with Gasteiger partial charge >= 0.3 is 0 Å². The molecule has 2 unspecified atom stereocenters. The number of hydrogen-bond acceptors (Lipinski definition) is 4. The Morgan fingerprint density at radius 1 is 1.41 bits per heavy atom. The molecule has 0 radical (unpaired) electrons. The fourth-order valence-electron chi connectivity index (χ4n) is 3.73. The lowest BCUT2D eigenvalue weighted by Gasteiger charge is -2.33. The number of amides is 1. The van der Waals surface area contributed by atoms with Crippen LogP contribution in [-0.2, 0) is 17.6 Å². The highest BCUT2D eigenvalue weighted by molar-refractivity contribution is 7.16. The van der Waals surface area contributed by atoms with Crippen LogP contribution in [0.2, 0.25) is 5.02 Å². The highest BCUT2D eigenvalue weighted by Gasteiger charge is 2.32. The molecule has 0 spiro atoms. The van der Waals surface area contributed by atoms with Gasteiger partial charge in [0.15, 0.2) is 6.10 Å². The summed E-state index contributed by atoms with van der Waals surface area (Å²) in [7, 11) is 0. The molecule has 0 fully saturated rings. The molecular weight excluding hydrogens is 404 g/mol. The minimum atomic E-state index is -0.692. The van der Waals surface area contributed by atoms with Crippen LogP contribution >= 0.6 is 22.9 Å². The number of nitriles is 1. The average molecular weight is 431 g/mol. The van der Waals surface area contributed by atoms with Crippen molar-refractivity contribution in [3.63, 3.8) is 0 Å². The van der Waals surface area contributed by atoms with Gasteiger partial charge in [-0.15, -0.1) is 11.3 Å². The summed E-state index contributed by atoms with van der Waals surface area (Å²) in [5.41, 5.74) is 2.82. The van der Waals surface area contributed by atoms with Gasteiger partial charge in [-0.25, -0.2) is 0 Å². The molecule has 1 aromatic heterocycles. The average Bonchev–Trinajstić information content (AvgIpc) is 2.99. The van der Waals surface area contributed by atoms with Gasteiger partial charge in [0.05, 0.1) is 5.56 Å². The van der Waals surface area contributed by atoms with Crippen molar-refractivity contribution in [2.45, 2.75) is 60.0 Å². The van der Waals surface area contributed by atoms with E-state index in [0.29, 0.717) is 27.3 Å². The fraction of sp³-hybridized carbons (Fsp3) is 0.478. The van der Waals surface area contributed by atoms with Gasteiger partial charge in [0, 0.05) is 9.90 Å². The quantitative estimate of drug-likeness (QED) is 0.633. The lowest BCUT2D eigenvalue weighted by Crippen LogP contribution is -2.30. The van der Waals surface area contributed by atoms with E-state index >= 15 is 0 Å². The Morgan fingerprint density at radius 3 is 2.76 bits per heavy atom. The number of rotatable bonds is 4. The Labute approximate surface area is 181 Å². The molecule has 1 aromatic carbocycles. The Hall–Kier alpha value is -2.03. The van der Waals surface area contributed by atoms with Crippen molar-refractivity contribution < 1.29 is 9.53 Å². The Morgan fingerprint density at radius 2 is 2.14 bits per heavy atom. The molecule has 29 heavy (non-hydrogen) atoms. The Kier molecular flexibility index (Phi) is 6.26. The van der Waals surface area contributed by atoms with Crippen LogP contribution in [0.4, 0.5) is 5.00 Å². The maximum absolute atomic E-state index is 12.7. The number of aryl methyl sites for hydroxylation is 1. The molecule has 3 rings (SSSR count). The lowest BCUT2D eigenvalue weighted by atomic mass is 9.72. The van der Waals surface area contributed by atoms with Crippen molar-refractivity contribution in [3.05, 3.63) is 44.8 Å². The summed E-state index contributed by atoms with van der Waals surface area (Å²) < 4.78 is 5.82. The van der Waals surface area contributed by atoms with E-state index in [1.165, 1.54) is 16.2 Å². The number of carbonyl (C=O) groups excluding carboxylic acids is 1. The van der Waals surface area contributed by atoms with E-state index in [4.69, 9.17) is 16.3 Å². The first-order valence-electron chi connectivity index (χ1n) is 9.88. The molecule has 1 amide bonds. The summed E-state index contributed by atoms with van der Waals surface area (Å²) in [5.74, 6) is 0.941. The van der Waals surface area contributed by atoms with Crippen molar-refractivity contribution in [1.29, 1.82) is 5.26 Å². The van der Waals surface area contributed by atoms with Crippen LogP contribution in [0.15, 0.2) is 18.2 Å². The predicted octanol–water partition coefficient (Wildman–Crippen LogP) is 6.14. The molecule has 1 heterocycles. The summed E-state index contributed by atoms with van der Waals surface area (Å²) >= 11 is 7.52. The second-order valence-corrected chi connectivity index (χ2v) is 10.3. The van der Waals surface area contributed by atoms with Gasteiger partial charge in [0.25, 0.3) is 5.91 Å². The summed E-state index contributed by atoms with van der Waals surface area (Å²) in [6.45, 7) is 10.4. The summed E-state index contributed by atoms with van der Waals surface area (Å²) in [6.07, 6.45) is 2.24. The van der Waals surface area contributed by atoms with Crippen molar-refractivity contribution >= 4 is 33.8 Å². The number of hydrogen-bond donors (Lipinski definition) is 1. The summed E-state index contributed by atoms with van der Waals surface area (Å²) in [5, 5.41) is 13.9. The van der Waals surface area contributed by atoms with Gasteiger partial charge in [-0.05, 0) is 73.8 Å². The van der Waals surface area contributed by atoms with Crippen molar-refractivity contribution in [3.8, 4) is 11.8 Å². The smallest absolute Gasteiger partial charge is 0.265 e. The number of thiophene rings is 1. The lowest BCUT2D eigenvalue weighted by molar-refractivity contribution is -0.122. The van der Waals surface area contributed by atoms with Gasteiger partial charge in [-0.3, -0.25) is 4.79 Å². The van der Waals surface area contributed by atoms with Gasteiger partial charge in [0.2, 0.25) is 0 Å². The number of nitrogens with zero attached hydrogens (tertiary/aromatic N) is 1. The molecular formula is C23H27ClN2O2S. The normalized spacial score (nSPS) is 17.2. The van der Waals surface area contributed by atoms with E-state index in [9.17, 15) is 10.1 Å². The second kappa shape index (κ2) is 8.38. The molecule has 1 aliphatic carbocycles. The third-order valence-electron chi connectivity index (χ3n) is 5.65. The van der Waals surface area contributed by atoms with Crippen molar-refractivity contribution in [2.24, 2.45) is 11.3 Å². The highest BCUT2D eigenvalue weighted by atomic mass is 35.5. The predicted molar refractivity (Wildman–Crippen MR) is 119 cm³/mol. The monoisotopic (exact) mass is 430 g/mol. The molecule has 0 saturated carbocycles. The molecule has 154 valence electrons. The molecule has 6 heteroatoms. The number of nitrogens with one attached hydrogen (secondary N) is 1. The van der Waals surface area contributed by atoms with Gasteiger partial charge in [0.1, 0.15) is 16.8 Å². The molecule has 2 aromatic rings. The van der Waals surface area contributed by atoms with Crippen LogP contribution in [0.3, 0.4) is 0 Å². The molecule has 4 nitrogen and oxygen atoms in total. The molecule has 0 aliphatic heterocycles. The number of fused-ring (bicyclic) bond motifs is 1. The van der Waals surface area contributed by atoms with E-state index < -0.39 is 6.10 Å². The zero-order chi connectivity index (χ0) is 21.3. The van der Waals surface area contributed by atoms with Gasteiger partial charge in [-0.1, -0.05) is 32.4 Å². The topological polar surface area (TPSA) is 62.1 Å². The van der Waals surface area contributed by atoms with E-state index in [1.54, 1.807) is 25.1 Å². The van der Waals surface area contributed by atoms with Crippen LogP contribution < -0.4 is 10.1 Å². The summed E-state index contributed by atoms with van der Waals surface area (Å²) in [4.78, 5) is 14.0. The number of benzene rings is 1. The van der Waals surface area contributed by atoms with E-state index in [-0.39, 0.29) is 11.3 Å². The maximum atomic E-state index is 12.7. The fourth-order valence-corrected chi connectivity index (χ4v) is 5.24. The largest absolute Gasteiger partial charge is 0.481 e. The van der Waals surface area contributed by atoms with Gasteiger partial charge in [-0.2, -0.15) is 5.26 Å². The Bertz CT molecular complexity index is 968. The number of anilines is 1. The SMILES string of the molecule is Cc1cc(Cl)ccc1OC(C)C(=O)Nc1sc2c(c1C#N)CCC(C(C)(C)C)C2. The molecule has 1 aliphatic rings. The standard InChI is InChI=1S/C23H27ClN2O2S/c1-13-10-16(24)7-9-19(13)28-14(2)21(27)26-22-18(12-25)17-8-6-15(23(3,4)5)11-20(17)29-22/h7,9-10,14-15H,6,8,11H2,1-5H3,(H,26,27). The van der Waals surface area contributed by atoms with Crippen LogP contribution in [0.1, 0.15) is 55.7 Å². The maximum Gasteiger partial charge on any atom is 0.265 e. The van der Waals surface area contributed by atoms with Crippen molar-refractivity contribution in [1.82, 2.24) is 0 Å². The third kappa shape index (κ3) is 4.76. The zero-order valence-corrected chi connectivity index (χ0v) is 19.1. The van der Waals surface area contributed by atoms with Crippen LogP contribution in [0.5, 0.6) is 5.75 Å². The minimum Gasteiger partial charge on any atom is -0.481 e. The van der Waals surface area contributed by atoms with Crippen LogP contribution in [0, 0.1) is 29.6 Å². The molecule has 1 N–H and O–H groups in total. The van der Waals surface area contributed by atoms with Crippen molar-refractivity contribution in [2.75, 3.05) is 5.32 Å². The molecule has 0 saturated heterocycles. The first-order valence-corrected chi connectivity index (χ1v) is 11.1. The van der Waals surface area contributed by atoms with E-state index in [1.807, 2.05) is 6.92 Å². The number of carbonyl (C=O) groups is 1. The van der Waals surface area contributed by atoms with Crippen LogP contribution in [0.25, 0.3) is 0 Å². The minimum absolute atomic E-state index is 0.233. The second-order valence-electron chi connectivity index (χ2n) is 8.78. The third-order valence-corrected chi connectivity index (χ3v) is 7.05. The van der Waals surface area contributed by atoms with E-state index in [0.717, 1.165) is 30.4 Å². The van der Waals surface area contributed by atoms with Crippen LogP contribution in [-0.4, -0.2) is 12.0 Å². The molecule has 0 bridgehead atoms. The molecule has 2 atom stereocenters. The van der Waals surface area contributed by atoms with E-state index in [2.05, 4.69) is 32.2 Å². The van der Waals surface area contributed by atoms with Gasteiger partial charge < -0.3 is 10.1 Å². The number of ether oxygens (including phenoxy) is 1. The summed E-state index contributed by atoms with van der Waals surface area (Å²) in [6, 6.07) is 7.61. The number of halogens is 1. The first kappa shape index (κ1) is 21.7. The first-order chi connectivity index (χ1) is 13.6.